The quantitative estimate of drug-likeness (QED) is 0.410. The van der Waals surface area contributed by atoms with Gasteiger partial charge in [-0.3, -0.25) is 9.63 Å². The molecule has 1 amide bonds. The summed E-state index contributed by atoms with van der Waals surface area (Å²) in [5.41, 5.74) is 2.13. The average Bonchev–Trinajstić information content (AvgIpc) is 2.52. The van der Waals surface area contributed by atoms with Crippen LogP contribution in [-0.4, -0.2) is 50.7 Å². The van der Waals surface area contributed by atoms with E-state index in [0.717, 1.165) is 0 Å². The molecule has 0 radical (unpaired) electrons. The average molecular weight is 348 g/mol. The summed E-state index contributed by atoms with van der Waals surface area (Å²) in [6, 6.07) is 6.88. The van der Waals surface area contributed by atoms with Gasteiger partial charge in [0, 0.05) is 0 Å². The lowest BCUT2D eigenvalue weighted by atomic mass is 10.2. The maximum atomic E-state index is 12.3. The van der Waals surface area contributed by atoms with Crippen molar-refractivity contribution >= 4 is 27.7 Å². The SMILES string of the molecule is CSCCC(NS(=O)(=O)c1ccccc1)C(=O)NOCCO. The number of hydroxylamine groups is 1. The minimum Gasteiger partial charge on any atom is -0.394 e. The van der Waals surface area contributed by atoms with E-state index in [1.54, 1.807) is 18.2 Å². The normalized spacial score (nSPS) is 12.8. The number of aliphatic hydroxyl groups is 1. The first-order chi connectivity index (χ1) is 10.5. The van der Waals surface area contributed by atoms with Crippen molar-refractivity contribution in [1.29, 1.82) is 0 Å². The maximum absolute atomic E-state index is 12.3. The van der Waals surface area contributed by atoms with Crippen molar-refractivity contribution in [2.45, 2.75) is 17.4 Å². The van der Waals surface area contributed by atoms with Gasteiger partial charge in [0.2, 0.25) is 10.0 Å². The number of aliphatic hydroxyl groups excluding tert-OH is 1. The highest BCUT2D eigenvalue weighted by Gasteiger charge is 2.25. The highest BCUT2D eigenvalue weighted by molar-refractivity contribution is 7.98. The van der Waals surface area contributed by atoms with Crippen molar-refractivity contribution in [3.8, 4) is 0 Å². The topological polar surface area (TPSA) is 105 Å². The summed E-state index contributed by atoms with van der Waals surface area (Å²) < 4.78 is 26.9. The van der Waals surface area contributed by atoms with Crippen LogP contribution < -0.4 is 10.2 Å². The number of thioether (sulfide) groups is 1. The number of hydrogen-bond acceptors (Lipinski definition) is 6. The highest BCUT2D eigenvalue weighted by atomic mass is 32.2. The number of benzene rings is 1. The zero-order valence-electron chi connectivity index (χ0n) is 12.2. The Morgan fingerprint density at radius 1 is 1.36 bits per heavy atom. The molecule has 0 bridgehead atoms. The Kier molecular flexibility index (Phi) is 8.43. The minimum atomic E-state index is -3.79. The fraction of sp³-hybridized carbons (Fsp3) is 0.462. The molecule has 0 aliphatic carbocycles. The number of amides is 1. The van der Waals surface area contributed by atoms with E-state index in [-0.39, 0.29) is 18.1 Å². The van der Waals surface area contributed by atoms with Gasteiger partial charge in [-0.05, 0) is 30.6 Å². The highest BCUT2D eigenvalue weighted by Crippen LogP contribution is 2.10. The second-order valence-corrected chi connectivity index (χ2v) is 7.01. The Labute approximate surface area is 134 Å². The summed E-state index contributed by atoms with van der Waals surface area (Å²) in [4.78, 5) is 16.8. The molecule has 0 aromatic heterocycles. The molecule has 1 aromatic rings. The summed E-state index contributed by atoms with van der Waals surface area (Å²) in [6.07, 6.45) is 2.18. The Hall–Kier alpha value is -1.13. The van der Waals surface area contributed by atoms with Crippen LogP contribution >= 0.6 is 11.8 Å². The van der Waals surface area contributed by atoms with Crippen LogP contribution in [0.2, 0.25) is 0 Å². The van der Waals surface area contributed by atoms with E-state index in [9.17, 15) is 13.2 Å². The lowest BCUT2D eigenvalue weighted by Gasteiger charge is -2.17. The molecule has 0 saturated heterocycles. The number of carbonyl (C=O) groups is 1. The maximum Gasteiger partial charge on any atom is 0.261 e. The van der Waals surface area contributed by atoms with Crippen LogP contribution in [-0.2, 0) is 19.7 Å². The van der Waals surface area contributed by atoms with Gasteiger partial charge < -0.3 is 5.11 Å². The van der Waals surface area contributed by atoms with Gasteiger partial charge in [-0.2, -0.15) is 16.5 Å². The molecular weight excluding hydrogens is 328 g/mol. The Morgan fingerprint density at radius 2 is 2.05 bits per heavy atom. The molecule has 1 aromatic carbocycles. The van der Waals surface area contributed by atoms with E-state index in [1.807, 2.05) is 6.26 Å². The van der Waals surface area contributed by atoms with Crippen molar-refractivity contribution in [3.63, 3.8) is 0 Å². The van der Waals surface area contributed by atoms with Crippen LogP contribution in [0.3, 0.4) is 0 Å². The fourth-order valence-electron chi connectivity index (χ4n) is 1.57. The van der Waals surface area contributed by atoms with Crippen LogP contribution in [0.25, 0.3) is 0 Å². The molecule has 9 heteroatoms. The number of sulfonamides is 1. The van der Waals surface area contributed by atoms with Gasteiger partial charge in [-0.1, -0.05) is 18.2 Å². The van der Waals surface area contributed by atoms with Crippen molar-refractivity contribution in [1.82, 2.24) is 10.2 Å². The van der Waals surface area contributed by atoms with E-state index in [1.165, 1.54) is 23.9 Å². The summed E-state index contributed by atoms with van der Waals surface area (Å²) in [7, 11) is -3.79. The van der Waals surface area contributed by atoms with Crippen LogP contribution in [0.1, 0.15) is 6.42 Å². The molecule has 3 N–H and O–H groups in total. The molecule has 22 heavy (non-hydrogen) atoms. The van der Waals surface area contributed by atoms with Gasteiger partial charge in [0.05, 0.1) is 18.1 Å². The number of nitrogens with one attached hydrogen (secondary N) is 2. The predicted octanol–water partition coefficient (Wildman–Crippen LogP) is 0.127. The van der Waals surface area contributed by atoms with E-state index in [0.29, 0.717) is 12.2 Å². The first-order valence-corrected chi connectivity index (χ1v) is 9.47. The molecule has 1 rings (SSSR count). The summed E-state index contributed by atoms with van der Waals surface area (Å²) in [5.74, 6) is 0.0112. The predicted molar refractivity (Wildman–Crippen MR) is 84.7 cm³/mol. The standard InChI is InChI=1S/C13H20N2O5S2/c1-21-10-7-12(13(17)14-20-9-8-16)15-22(18,19)11-5-3-2-4-6-11/h2-6,12,15-16H,7-10H2,1H3,(H,14,17). The van der Waals surface area contributed by atoms with Gasteiger partial charge in [-0.25, -0.2) is 13.9 Å². The Bertz CT molecular complexity index is 551. The second kappa shape index (κ2) is 9.80. The second-order valence-electron chi connectivity index (χ2n) is 4.31. The third-order valence-corrected chi connectivity index (χ3v) is 4.78. The zero-order valence-corrected chi connectivity index (χ0v) is 13.8. The van der Waals surface area contributed by atoms with Crippen molar-refractivity contribution in [2.24, 2.45) is 0 Å². The molecule has 1 atom stereocenters. The third kappa shape index (κ3) is 6.32. The minimum absolute atomic E-state index is 0.0631. The van der Waals surface area contributed by atoms with E-state index in [4.69, 9.17) is 9.94 Å². The molecular formula is C13H20N2O5S2. The van der Waals surface area contributed by atoms with Crippen LogP contribution in [0.4, 0.5) is 0 Å². The van der Waals surface area contributed by atoms with Crippen LogP contribution in [0, 0.1) is 0 Å². The van der Waals surface area contributed by atoms with Crippen molar-refractivity contribution in [2.75, 3.05) is 25.2 Å². The van der Waals surface area contributed by atoms with Crippen molar-refractivity contribution < 1.29 is 23.2 Å². The molecule has 0 heterocycles. The monoisotopic (exact) mass is 348 g/mol. The molecule has 7 nitrogen and oxygen atoms in total. The molecule has 124 valence electrons. The Balaban J connectivity index is 2.77. The van der Waals surface area contributed by atoms with E-state index >= 15 is 0 Å². The van der Waals surface area contributed by atoms with E-state index < -0.39 is 22.0 Å². The van der Waals surface area contributed by atoms with Gasteiger partial charge in [0.25, 0.3) is 5.91 Å². The van der Waals surface area contributed by atoms with Crippen LogP contribution in [0.5, 0.6) is 0 Å². The molecule has 0 saturated carbocycles. The van der Waals surface area contributed by atoms with Crippen LogP contribution in [0.15, 0.2) is 35.2 Å². The Morgan fingerprint density at radius 3 is 2.64 bits per heavy atom. The fourth-order valence-corrected chi connectivity index (χ4v) is 3.30. The molecule has 0 spiro atoms. The molecule has 0 fully saturated rings. The number of hydrogen-bond donors (Lipinski definition) is 3. The summed E-state index contributed by atoms with van der Waals surface area (Å²) in [6.45, 7) is -0.308. The van der Waals surface area contributed by atoms with Gasteiger partial charge in [-0.15, -0.1) is 0 Å². The van der Waals surface area contributed by atoms with E-state index in [2.05, 4.69) is 10.2 Å². The molecule has 0 aliphatic rings. The van der Waals surface area contributed by atoms with Gasteiger partial charge in [0.15, 0.2) is 0 Å². The lowest BCUT2D eigenvalue weighted by Crippen LogP contribution is -2.47. The third-order valence-electron chi connectivity index (χ3n) is 2.64. The first kappa shape index (κ1) is 18.9. The summed E-state index contributed by atoms with van der Waals surface area (Å²) >= 11 is 1.50. The first-order valence-electron chi connectivity index (χ1n) is 6.60. The van der Waals surface area contributed by atoms with Gasteiger partial charge in [0.1, 0.15) is 6.04 Å². The smallest absolute Gasteiger partial charge is 0.261 e. The number of carbonyl (C=O) groups excluding carboxylic acids is 1. The number of rotatable bonds is 10. The molecule has 0 aliphatic heterocycles. The largest absolute Gasteiger partial charge is 0.394 e. The van der Waals surface area contributed by atoms with Crippen molar-refractivity contribution in [3.05, 3.63) is 30.3 Å². The molecule has 1 unspecified atom stereocenters. The summed E-state index contributed by atoms with van der Waals surface area (Å²) in [5, 5.41) is 8.60. The zero-order chi connectivity index (χ0) is 16.4. The van der Waals surface area contributed by atoms with Gasteiger partial charge >= 0.3 is 0 Å². The lowest BCUT2D eigenvalue weighted by molar-refractivity contribution is -0.136.